The average molecular weight is 997 g/mol. The predicted molar refractivity (Wildman–Crippen MR) is 279 cm³/mol. The smallest absolute Gasteiger partial charge is 0.126 e. The Balaban J connectivity index is 1.28. The second kappa shape index (κ2) is 21.8. The molecule has 0 N–H and O–H groups in total. The number of rotatable bonds is 3. The van der Waals surface area contributed by atoms with E-state index in [0.29, 0.717) is 34.5 Å². The van der Waals surface area contributed by atoms with Crippen LogP contribution in [0.15, 0.2) is 104 Å². The van der Waals surface area contributed by atoms with Crippen LogP contribution in [-0.2, 0) is 50.8 Å². The molecule has 0 radical (unpaired) electrons. The van der Waals surface area contributed by atoms with Crippen molar-refractivity contribution >= 4 is 70.6 Å². The highest BCUT2D eigenvalue weighted by Gasteiger charge is 2.24. The van der Waals surface area contributed by atoms with Crippen molar-refractivity contribution in [2.45, 2.75) is 143 Å². The molecule has 0 aliphatic carbocycles. The number of benzene rings is 3. The molecular weight excluding hydrogens is 937 g/mol. The highest BCUT2D eigenvalue weighted by molar-refractivity contribution is 8.00. The molecule has 3 aromatic carbocycles. The summed E-state index contributed by atoms with van der Waals surface area (Å²) in [5.41, 5.74) is 10.3. The van der Waals surface area contributed by atoms with E-state index in [4.69, 9.17) is 29.2 Å². The van der Waals surface area contributed by atoms with Crippen LogP contribution in [0.4, 0.5) is 0 Å². The van der Waals surface area contributed by atoms with Gasteiger partial charge in [0.2, 0.25) is 0 Å². The summed E-state index contributed by atoms with van der Waals surface area (Å²) in [5.74, 6) is 6.72. The number of ether oxygens (including phenoxy) is 3. The van der Waals surface area contributed by atoms with Crippen LogP contribution in [0.1, 0.15) is 112 Å². The third-order valence-electron chi connectivity index (χ3n) is 11.0. The molecular formula is C51H60N6O3S6. The van der Waals surface area contributed by atoms with Crippen LogP contribution >= 0.6 is 70.6 Å². The lowest BCUT2D eigenvalue weighted by atomic mass is 9.85. The summed E-state index contributed by atoms with van der Waals surface area (Å²) in [7, 11) is 5.29. The van der Waals surface area contributed by atoms with Crippen molar-refractivity contribution in [1.82, 2.24) is 29.9 Å². The lowest BCUT2D eigenvalue weighted by molar-refractivity contribution is 0.407. The van der Waals surface area contributed by atoms with E-state index >= 15 is 0 Å². The predicted octanol–water partition coefficient (Wildman–Crippen LogP) is 14.0. The average Bonchev–Trinajstić information content (AvgIpc) is 3.28. The van der Waals surface area contributed by atoms with E-state index in [9.17, 15) is 0 Å². The maximum absolute atomic E-state index is 6.19. The number of hydrogen-bond donors (Lipinski definition) is 0. The molecule has 9 nitrogen and oxygen atoms in total. The van der Waals surface area contributed by atoms with Gasteiger partial charge in [-0.25, -0.2) is 15.0 Å². The number of thioether (sulfide) groups is 6. The maximum Gasteiger partial charge on any atom is 0.126 e. The number of aromatic nitrogens is 6. The third kappa shape index (κ3) is 12.9. The Morgan fingerprint density at radius 2 is 0.515 bits per heavy atom. The third-order valence-corrected chi connectivity index (χ3v) is 16.6. The summed E-state index contributed by atoms with van der Waals surface area (Å²) < 4.78 is 18.6. The minimum atomic E-state index is -0.0682. The van der Waals surface area contributed by atoms with Crippen LogP contribution in [-0.4, -0.2) is 51.2 Å². The molecule has 0 saturated carbocycles. The molecule has 1 aliphatic heterocycles. The maximum atomic E-state index is 6.19. The van der Waals surface area contributed by atoms with Crippen LogP contribution in [0.2, 0.25) is 0 Å². The van der Waals surface area contributed by atoms with Crippen molar-refractivity contribution < 1.29 is 14.2 Å². The molecule has 0 atom stereocenters. The van der Waals surface area contributed by atoms with Gasteiger partial charge in [0.25, 0.3) is 0 Å². The van der Waals surface area contributed by atoms with Crippen molar-refractivity contribution in [3.8, 4) is 17.2 Å². The van der Waals surface area contributed by atoms with Gasteiger partial charge in [0.1, 0.15) is 47.4 Å². The number of fused-ring (bicyclic) bond motifs is 12. The number of methoxy groups -OCH3 is 3. The summed E-state index contributed by atoms with van der Waals surface area (Å²) in [5, 5.41) is 5.15. The number of hydrogen-bond acceptors (Lipinski definition) is 15. The van der Waals surface area contributed by atoms with Crippen LogP contribution in [0.3, 0.4) is 0 Å². The zero-order valence-electron chi connectivity index (χ0n) is 40.0. The summed E-state index contributed by atoms with van der Waals surface area (Å²) in [6.07, 6.45) is 11.1. The van der Waals surface area contributed by atoms with Crippen LogP contribution in [0, 0.1) is 0 Å². The molecule has 3 aromatic heterocycles. The summed E-state index contributed by atoms with van der Waals surface area (Å²) in [4.78, 5) is 29.1. The molecule has 0 saturated heterocycles. The number of nitrogens with zero attached hydrogens (tertiary/aromatic N) is 6. The Morgan fingerprint density at radius 1 is 0.333 bits per heavy atom. The molecule has 4 heterocycles. The highest BCUT2D eigenvalue weighted by atomic mass is 32.2. The van der Waals surface area contributed by atoms with Gasteiger partial charge in [0.15, 0.2) is 0 Å². The second-order valence-corrected chi connectivity index (χ2v) is 25.0. The fraction of sp³-hybridized carbons (Fsp3) is 0.412. The first-order chi connectivity index (χ1) is 31.4. The van der Waals surface area contributed by atoms with Crippen LogP contribution in [0.25, 0.3) is 0 Å². The normalized spacial score (nSPS) is 14.5. The molecule has 348 valence electrons. The Morgan fingerprint density at radius 3 is 0.667 bits per heavy atom. The van der Waals surface area contributed by atoms with E-state index in [-0.39, 0.29) is 16.2 Å². The van der Waals surface area contributed by atoms with Gasteiger partial charge >= 0.3 is 0 Å². The quantitative estimate of drug-likeness (QED) is 0.168. The Hall–Kier alpha value is -3.60. The molecule has 0 amide bonds. The lowest BCUT2D eigenvalue weighted by Crippen LogP contribution is -2.13. The summed E-state index contributed by atoms with van der Waals surface area (Å²) in [6, 6.07) is 13.7. The van der Waals surface area contributed by atoms with Crippen molar-refractivity contribution in [3.05, 3.63) is 124 Å². The van der Waals surface area contributed by atoms with E-state index in [2.05, 4.69) is 114 Å². The van der Waals surface area contributed by atoms with Gasteiger partial charge in [0.05, 0.1) is 58.5 Å². The van der Waals surface area contributed by atoms with Gasteiger partial charge in [-0.05, 0) is 32.9 Å². The van der Waals surface area contributed by atoms with E-state index in [0.717, 1.165) is 80.8 Å². The standard InChI is InChI=1S/C51H60N6O3S6/c1-49(2,3)37-13-31-25-61-40-19-52-21-42(55-40)63-27-33-15-38(50(4,5)6)17-35(47(33)59-11)29-65-44-23-54-24-45(57-44)66-30-36-18-39(51(7,8)9)16-34(48(36)60-12)28-64-43-22-53-20-41(56-43)62-26-32(14-37)46(31)58-10/h13-24H,25-30H2,1-12H3. The fourth-order valence-electron chi connectivity index (χ4n) is 7.31. The molecule has 15 heteroatoms. The highest BCUT2D eigenvalue weighted by Crippen LogP contribution is 2.42. The minimum absolute atomic E-state index is 0.0682. The van der Waals surface area contributed by atoms with Crippen molar-refractivity contribution in [1.29, 1.82) is 0 Å². The fourth-order valence-corrected chi connectivity index (χ4v) is 12.4. The van der Waals surface area contributed by atoms with E-state index < -0.39 is 0 Å². The first-order valence-electron chi connectivity index (χ1n) is 21.8. The molecule has 0 spiro atoms. The van der Waals surface area contributed by atoms with Gasteiger partial charge in [-0.2, -0.15) is 0 Å². The van der Waals surface area contributed by atoms with Crippen molar-refractivity contribution in [2.75, 3.05) is 21.3 Å². The van der Waals surface area contributed by atoms with Crippen molar-refractivity contribution in [3.63, 3.8) is 0 Å². The minimum Gasteiger partial charge on any atom is -0.496 e. The Labute approximate surface area is 417 Å². The monoisotopic (exact) mass is 996 g/mol. The molecule has 6 aromatic rings. The lowest BCUT2D eigenvalue weighted by Gasteiger charge is -2.24. The molecule has 66 heavy (non-hydrogen) atoms. The zero-order valence-corrected chi connectivity index (χ0v) is 44.9. The van der Waals surface area contributed by atoms with E-state index in [1.165, 1.54) is 16.7 Å². The molecule has 12 bridgehead atoms. The molecule has 0 unspecified atom stereocenters. The van der Waals surface area contributed by atoms with Crippen LogP contribution < -0.4 is 14.2 Å². The van der Waals surface area contributed by atoms with Crippen molar-refractivity contribution in [2.24, 2.45) is 0 Å². The summed E-state index contributed by atoms with van der Waals surface area (Å²) >= 11 is 10.0. The van der Waals surface area contributed by atoms with E-state index in [1.807, 2.05) is 37.2 Å². The Kier molecular flexibility index (Phi) is 16.6. The van der Waals surface area contributed by atoms with Gasteiger partial charge < -0.3 is 14.2 Å². The SMILES string of the molecule is COc1c2cc(C(C)(C)C)cc1CSc1cncc(n1)SCc1cc(C(C)(C)C)cc(c1OC)CSc1cncc(n1)SCc1cc(C(C)(C)C)cc(c1OC)CSc1cncc(n1)SC2. The molecule has 0 fully saturated rings. The van der Waals surface area contributed by atoms with Crippen LogP contribution in [0.5, 0.6) is 17.2 Å². The van der Waals surface area contributed by atoms with E-state index in [1.54, 1.807) is 91.9 Å². The zero-order chi connectivity index (χ0) is 47.2. The first-order valence-corrected chi connectivity index (χ1v) is 27.7. The second-order valence-electron chi connectivity index (χ2n) is 19.1. The molecule has 7 rings (SSSR count). The molecule has 1 aliphatic rings. The van der Waals surface area contributed by atoms with Gasteiger partial charge in [0, 0.05) is 67.9 Å². The first kappa shape index (κ1) is 50.3. The largest absolute Gasteiger partial charge is 0.496 e. The topological polar surface area (TPSA) is 105 Å². The summed E-state index contributed by atoms with van der Waals surface area (Å²) in [6.45, 7) is 20.3. The van der Waals surface area contributed by atoms with Gasteiger partial charge in [-0.3, -0.25) is 15.0 Å². The Bertz CT molecular complexity index is 2240. The van der Waals surface area contributed by atoms with Gasteiger partial charge in [-0.1, -0.05) is 169 Å². The van der Waals surface area contributed by atoms with Gasteiger partial charge in [-0.15, -0.1) is 0 Å².